The molecular weight excluding hydrogens is 431 g/mol. The number of anilines is 1. The van der Waals surface area contributed by atoms with Crippen molar-refractivity contribution in [2.24, 2.45) is 0 Å². The second-order valence-corrected chi connectivity index (χ2v) is 7.69. The number of halogens is 1. The summed E-state index contributed by atoms with van der Waals surface area (Å²) >= 11 is 3.88. The molecule has 2 aromatic carbocycles. The predicted molar refractivity (Wildman–Crippen MR) is 108 cm³/mol. The fourth-order valence-corrected chi connectivity index (χ4v) is 3.67. The Morgan fingerprint density at radius 3 is 2.75 bits per heavy atom. The Kier molecular flexibility index (Phi) is 5.63. The Labute approximate surface area is 159 Å². The number of hydrogen-bond donors (Lipinski definition) is 1. The van der Waals surface area contributed by atoms with Gasteiger partial charge in [-0.15, -0.1) is 11.3 Å². The highest BCUT2D eigenvalue weighted by Gasteiger charge is 2.09. The summed E-state index contributed by atoms with van der Waals surface area (Å²) in [6.07, 6.45) is 1.11. The van der Waals surface area contributed by atoms with E-state index < -0.39 is 0 Å². The van der Waals surface area contributed by atoms with Gasteiger partial charge >= 0.3 is 0 Å². The van der Waals surface area contributed by atoms with E-state index in [1.807, 2.05) is 41.8 Å². The first-order chi connectivity index (χ1) is 11.6. The van der Waals surface area contributed by atoms with Crippen molar-refractivity contribution in [3.8, 4) is 0 Å². The van der Waals surface area contributed by atoms with Crippen molar-refractivity contribution < 1.29 is 4.79 Å². The van der Waals surface area contributed by atoms with E-state index in [2.05, 4.69) is 51.9 Å². The van der Waals surface area contributed by atoms with Crippen LogP contribution in [-0.2, 0) is 17.6 Å². The molecule has 1 heterocycles. The summed E-state index contributed by atoms with van der Waals surface area (Å²) in [5, 5.41) is 5.94. The second-order valence-electron chi connectivity index (χ2n) is 5.58. The Morgan fingerprint density at radius 1 is 1.21 bits per heavy atom. The molecule has 0 unspecified atom stereocenters. The lowest BCUT2D eigenvalue weighted by molar-refractivity contribution is -0.115. The van der Waals surface area contributed by atoms with Gasteiger partial charge in [-0.05, 0) is 52.8 Å². The largest absolute Gasteiger partial charge is 0.326 e. The van der Waals surface area contributed by atoms with Crippen LogP contribution in [0.2, 0.25) is 0 Å². The molecule has 0 radical (unpaired) electrons. The number of nitrogens with zero attached hydrogens (tertiary/aromatic N) is 1. The molecular formula is C19H17IN2OS. The Bertz CT molecular complexity index is 846. The molecule has 0 saturated carbocycles. The molecule has 5 heteroatoms. The van der Waals surface area contributed by atoms with Crippen LogP contribution in [0.1, 0.15) is 21.8 Å². The quantitative estimate of drug-likeness (QED) is 0.569. The van der Waals surface area contributed by atoms with Crippen LogP contribution in [0.15, 0.2) is 53.9 Å². The number of benzene rings is 2. The van der Waals surface area contributed by atoms with E-state index in [1.165, 1.54) is 11.1 Å². The lowest BCUT2D eigenvalue weighted by Crippen LogP contribution is -2.14. The van der Waals surface area contributed by atoms with Crippen LogP contribution < -0.4 is 5.32 Å². The molecule has 1 amide bonds. The molecule has 0 aliphatic rings. The van der Waals surface area contributed by atoms with Gasteiger partial charge in [-0.25, -0.2) is 4.98 Å². The smallest absolute Gasteiger partial charge is 0.230 e. The minimum Gasteiger partial charge on any atom is -0.326 e. The second kappa shape index (κ2) is 7.90. The third kappa shape index (κ3) is 4.64. The highest BCUT2D eigenvalue weighted by Crippen LogP contribution is 2.18. The Hall–Kier alpha value is -1.73. The summed E-state index contributed by atoms with van der Waals surface area (Å²) in [5.41, 5.74) is 4.09. The van der Waals surface area contributed by atoms with Gasteiger partial charge in [0.1, 0.15) is 0 Å². The van der Waals surface area contributed by atoms with Crippen molar-refractivity contribution in [1.29, 1.82) is 0 Å². The number of carbonyl (C=O) groups is 1. The predicted octanol–water partition coefficient (Wildman–Crippen LogP) is 4.83. The summed E-state index contributed by atoms with van der Waals surface area (Å²) < 4.78 is 1.14. The number of nitrogens with one attached hydrogen (secondary N) is 1. The summed E-state index contributed by atoms with van der Waals surface area (Å²) in [6.45, 7) is 2.05. The number of thiazole rings is 1. The van der Waals surface area contributed by atoms with E-state index in [0.29, 0.717) is 6.42 Å². The molecule has 3 rings (SSSR count). The van der Waals surface area contributed by atoms with Crippen molar-refractivity contribution in [3.63, 3.8) is 0 Å². The third-order valence-corrected chi connectivity index (χ3v) is 5.65. The van der Waals surface area contributed by atoms with Gasteiger partial charge in [-0.3, -0.25) is 4.79 Å². The zero-order chi connectivity index (χ0) is 16.9. The minimum atomic E-state index is -0.0359. The molecule has 24 heavy (non-hydrogen) atoms. The maximum atomic E-state index is 12.2. The van der Waals surface area contributed by atoms with E-state index in [9.17, 15) is 4.79 Å². The molecule has 0 atom stereocenters. The zero-order valence-electron chi connectivity index (χ0n) is 13.3. The van der Waals surface area contributed by atoms with Crippen LogP contribution in [0, 0.1) is 10.5 Å². The molecule has 0 bridgehead atoms. The highest BCUT2D eigenvalue weighted by atomic mass is 127. The summed E-state index contributed by atoms with van der Waals surface area (Å²) in [7, 11) is 0. The molecule has 0 aliphatic carbocycles. The van der Waals surface area contributed by atoms with Crippen LogP contribution in [-0.4, -0.2) is 10.9 Å². The first-order valence-electron chi connectivity index (χ1n) is 7.63. The zero-order valence-corrected chi connectivity index (χ0v) is 16.2. The van der Waals surface area contributed by atoms with Gasteiger partial charge in [0.15, 0.2) is 0 Å². The number of carbonyl (C=O) groups excluding carboxylic acids is 1. The SMILES string of the molecule is Cc1ccc(NC(=O)Cc2csc(Cc3ccccc3)n2)cc1I. The molecule has 3 nitrogen and oxygen atoms in total. The van der Waals surface area contributed by atoms with Gasteiger partial charge in [0.2, 0.25) is 5.91 Å². The molecule has 0 aliphatic heterocycles. The van der Waals surface area contributed by atoms with Crippen molar-refractivity contribution >= 4 is 45.5 Å². The number of rotatable bonds is 5. The Balaban J connectivity index is 1.59. The first-order valence-corrected chi connectivity index (χ1v) is 9.59. The van der Waals surface area contributed by atoms with Gasteiger partial charge in [-0.1, -0.05) is 36.4 Å². The fourth-order valence-electron chi connectivity index (χ4n) is 2.32. The number of aryl methyl sites for hydroxylation is 1. The van der Waals surface area contributed by atoms with Crippen LogP contribution >= 0.6 is 33.9 Å². The first kappa shape index (κ1) is 17.1. The molecule has 0 spiro atoms. The summed E-state index contributed by atoms with van der Waals surface area (Å²) in [4.78, 5) is 16.8. The number of hydrogen-bond acceptors (Lipinski definition) is 3. The van der Waals surface area contributed by atoms with Crippen LogP contribution in [0.3, 0.4) is 0 Å². The number of amides is 1. The van der Waals surface area contributed by atoms with Crippen LogP contribution in [0.4, 0.5) is 5.69 Å². The lowest BCUT2D eigenvalue weighted by Gasteiger charge is -2.06. The average molecular weight is 448 g/mol. The van der Waals surface area contributed by atoms with Crippen molar-refractivity contribution in [2.45, 2.75) is 19.8 Å². The van der Waals surface area contributed by atoms with Crippen molar-refractivity contribution in [1.82, 2.24) is 4.98 Å². The van der Waals surface area contributed by atoms with Crippen LogP contribution in [0.5, 0.6) is 0 Å². The van der Waals surface area contributed by atoms with Gasteiger partial charge in [0, 0.05) is 21.1 Å². The van der Waals surface area contributed by atoms with Gasteiger partial charge in [0.05, 0.1) is 17.1 Å². The van der Waals surface area contributed by atoms with Gasteiger partial charge in [-0.2, -0.15) is 0 Å². The normalized spacial score (nSPS) is 10.6. The van der Waals surface area contributed by atoms with Gasteiger partial charge < -0.3 is 5.32 Å². The standard InChI is InChI=1S/C19H17IN2OS/c1-13-7-8-15(10-17(13)20)21-18(23)11-16-12-24-19(22-16)9-14-5-3-2-4-6-14/h2-8,10,12H,9,11H2,1H3,(H,21,23). The fraction of sp³-hybridized carbons (Fsp3) is 0.158. The van der Waals surface area contributed by atoms with Crippen LogP contribution in [0.25, 0.3) is 0 Å². The lowest BCUT2D eigenvalue weighted by atomic mass is 10.2. The number of aromatic nitrogens is 1. The third-order valence-electron chi connectivity index (χ3n) is 3.59. The molecule has 0 fully saturated rings. The Morgan fingerprint density at radius 2 is 2.00 bits per heavy atom. The molecule has 1 N–H and O–H groups in total. The van der Waals surface area contributed by atoms with Crippen molar-refractivity contribution in [3.05, 3.63) is 79.3 Å². The van der Waals surface area contributed by atoms with E-state index in [1.54, 1.807) is 11.3 Å². The topological polar surface area (TPSA) is 42.0 Å². The summed E-state index contributed by atoms with van der Waals surface area (Å²) in [6, 6.07) is 16.2. The maximum absolute atomic E-state index is 12.2. The van der Waals surface area contributed by atoms with Crippen molar-refractivity contribution in [2.75, 3.05) is 5.32 Å². The van der Waals surface area contributed by atoms with E-state index >= 15 is 0 Å². The maximum Gasteiger partial charge on any atom is 0.230 e. The molecule has 122 valence electrons. The monoisotopic (exact) mass is 448 g/mol. The van der Waals surface area contributed by atoms with Gasteiger partial charge in [0.25, 0.3) is 0 Å². The summed E-state index contributed by atoms with van der Waals surface area (Å²) in [5.74, 6) is -0.0359. The van der Waals surface area contributed by atoms with E-state index in [0.717, 1.165) is 26.4 Å². The molecule has 0 saturated heterocycles. The van der Waals surface area contributed by atoms with E-state index in [4.69, 9.17) is 0 Å². The van der Waals surface area contributed by atoms with E-state index in [-0.39, 0.29) is 5.91 Å². The minimum absolute atomic E-state index is 0.0359. The highest BCUT2D eigenvalue weighted by molar-refractivity contribution is 14.1. The average Bonchev–Trinajstić information content (AvgIpc) is 2.99. The molecule has 3 aromatic rings. The molecule has 1 aromatic heterocycles.